The highest BCUT2D eigenvalue weighted by Crippen LogP contribution is 2.16. The van der Waals surface area contributed by atoms with Crippen molar-refractivity contribution in [3.8, 4) is 0 Å². The number of nitrogens with zero attached hydrogens (tertiary/aromatic N) is 7. The molecule has 0 aliphatic carbocycles. The maximum atomic E-state index is 12.5. The van der Waals surface area contributed by atoms with Gasteiger partial charge in [-0.05, 0) is 12.0 Å². The van der Waals surface area contributed by atoms with Crippen molar-refractivity contribution in [1.29, 1.82) is 0 Å². The third kappa shape index (κ3) is 4.22. The molecule has 2 aromatic heterocycles. The van der Waals surface area contributed by atoms with Crippen molar-refractivity contribution in [2.24, 2.45) is 18.0 Å². The number of rotatable bonds is 5. The largest absolute Gasteiger partial charge is 0.356 e. The van der Waals surface area contributed by atoms with E-state index in [0.717, 1.165) is 31.3 Å². The van der Waals surface area contributed by atoms with Crippen molar-refractivity contribution in [3.63, 3.8) is 0 Å². The van der Waals surface area contributed by atoms with Crippen LogP contribution in [0.15, 0.2) is 35.8 Å². The first-order valence-electron chi connectivity index (χ1n) is 8.79. The van der Waals surface area contributed by atoms with E-state index in [4.69, 9.17) is 0 Å². The lowest BCUT2D eigenvalue weighted by atomic mass is 10.2. The Kier molecular flexibility index (Phi) is 5.55. The average molecular weight is 358 g/mol. The summed E-state index contributed by atoms with van der Waals surface area (Å²) < 4.78 is 3.63. The van der Waals surface area contributed by atoms with Crippen LogP contribution in [0, 0.1) is 5.92 Å². The van der Waals surface area contributed by atoms with Gasteiger partial charge in [-0.3, -0.25) is 19.2 Å². The zero-order valence-corrected chi connectivity index (χ0v) is 15.5. The lowest BCUT2D eigenvalue weighted by Gasteiger charge is -2.35. The van der Waals surface area contributed by atoms with E-state index in [1.54, 1.807) is 29.0 Å². The van der Waals surface area contributed by atoms with Gasteiger partial charge in [0, 0.05) is 58.9 Å². The first-order valence-corrected chi connectivity index (χ1v) is 8.79. The monoisotopic (exact) mass is 358 g/mol. The van der Waals surface area contributed by atoms with Gasteiger partial charge in [0.1, 0.15) is 6.54 Å². The van der Waals surface area contributed by atoms with Gasteiger partial charge >= 0.3 is 0 Å². The molecule has 1 fully saturated rings. The number of amides is 1. The van der Waals surface area contributed by atoms with Crippen LogP contribution in [0.4, 0.5) is 5.69 Å². The number of aryl methyl sites for hydroxylation is 1. The Bertz CT molecular complexity index is 751. The Labute approximate surface area is 153 Å². The van der Waals surface area contributed by atoms with Crippen LogP contribution in [0.5, 0.6) is 0 Å². The molecule has 9 nitrogen and oxygen atoms in total. The summed E-state index contributed by atoms with van der Waals surface area (Å²) in [5.74, 6) is 1.20. The Hall–Kier alpha value is -2.84. The lowest BCUT2D eigenvalue weighted by molar-refractivity contribution is -0.120. The fourth-order valence-corrected chi connectivity index (χ4v) is 3.06. The average Bonchev–Trinajstić information content (AvgIpc) is 3.27. The van der Waals surface area contributed by atoms with Crippen LogP contribution < -0.4 is 10.2 Å². The summed E-state index contributed by atoms with van der Waals surface area (Å²) in [6, 6.07) is 1.92. The van der Waals surface area contributed by atoms with Crippen molar-refractivity contribution in [3.05, 3.63) is 30.9 Å². The summed E-state index contributed by atoms with van der Waals surface area (Å²) in [6.07, 6.45) is 7.32. The maximum absolute atomic E-state index is 12.5. The van der Waals surface area contributed by atoms with Gasteiger partial charge in [0.2, 0.25) is 5.91 Å². The Morgan fingerprint density at radius 1 is 1.38 bits per heavy atom. The molecule has 0 saturated carbocycles. The maximum Gasteiger partial charge on any atom is 0.246 e. The molecule has 1 aliphatic rings. The summed E-state index contributed by atoms with van der Waals surface area (Å²) in [4.78, 5) is 20.6. The predicted octanol–water partition coefficient (Wildman–Crippen LogP) is 0.177. The van der Waals surface area contributed by atoms with Crippen LogP contribution in [0.2, 0.25) is 0 Å². The lowest BCUT2D eigenvalue weighted by Crippen LogP contribution is -2.55. The molecular weight excluding hydrogens is 332 g/mol. The number of anilines is 1. The van der Waals surface area contributed by atoms with Gasteiger partial charge in [0.15, 0.2) is 5.96 Å². The summed E-state index contributed by atoms with van der Waals surface area (Å²) in [5.41, 5.74) is 0.841. The number of aliphatic imine (C=N–C) groups is 1. The first-order chi connectivity index (χ1) is 12.6. The molecule has 0 spiro atoms. The fraction of sp³-hybridized carbons (Fsp3) is 0.529. The minimum Gasteiger partial charge on any atom is -0.356 e. The van der Waals surface area contributed by atoms with Crippen LogP contribution in [0.1, 0.15) is 6.92 Å². The minimum atomic E-state index is 0.0526. The summed E-state index contributed by atoms with van der Waals surface area (Å²) in [6.45, 7) is 5.42. The van der Waals surface area contributed by atoms with E-state index < -0.39 is 0 Å². The van der Waals surface area contributed by atoms with Crippen molar-refractivity contribution in [2.45, 2.75) is 13.5 Å². The number of nitrogens with one attached hydrogen (secondary N) is 1. The third-order valence-electron chi connectivity index (χ3n) is 4.40. The van der Waals surface area contributed by atoms with Gasteiger partial charge in [0.25, 0.3) is 0 Å². The van der Waals surface area contributed by atoms with Crippen LogP contribution in [0.3, 0.4) is 0 Å². The number of carbonyl (C=O) groups excluding carboxylic acids is 1. The molecule has 0 radical (unpaired) electrons. The number of aromatic nitrogens is 4. The van der Waals surface area contributed by atoms with Gasteiger partial charge in [-0.15, -0.1) is 0 Å². The first kappa shape index (κ1) is 18.0. The predicted molar refractivity (Wildman–Crippen MR) is 99.9 cm³/mol. The zero-order valence-electron chi connectivity index (χ0n) is 15.5. The normalized spacial score (nSPS) is 16.9. The van der Waals surface area contributed by atoms with E-state index in [0.29, 0.717) is 19.0 Å². The van der Waals surface area contributed by atoms with E-state index in [1.165, 1.54) is 0 Å². The second-order valence-corrected chi connectivity index (χ2v) is 6.60. The van der Waals surface area contributed by atoms with E-state index in [9.17, 15) is 4.79 Å². The quantitative estimate of drug-likeness (QED) is 0.609. The number of hydrogen-bond donors (Lipinski definition) is 1. The van der Waals surface area contributed by atoms with Crippen molar-refractivity contribution < 1.29 is 4.79 Å². The van der Waals surface area contributed by atoms with E-state index in [-0.39, 0.29) is 5.91 Å². The third-order valence-corrected chi connectivity index (χ3v) is 4.40. The van der Waals surface area contributed by atoms with Crippen LogP contribution >= 0.6 is 0 Å². The van der Waals surface area contributed by atoms with Gasteiger partial charge < -0.3 is 15.1 Å². The number of hydrogen-bond acceptors (Lipinski definition) is 4. The van der Waals surface area contributed by atoms with Gasteiger partial charge in [-0.2, -0.15) is 10.2 Å². The summed E-state index contributed by atoms with van der Waals surface area (Å²) in [7, 11) is 3.60. The smallest absolute Gasteiger partial charge is 0.246 e. The van der Waals surface area contributed by atoms with E-state index in [1.807, 2.05) is 35.1 Å². The van der Waals surface area contributed by atoms with E-state index >= 15 is 0 Å². The molecule has 3 rings (SSSR count). The highest BCUT2D eigenvalue weighted by Gasteiger charge is 2.27. The molecule has 9 heteroatoms. The molecule has 3 heterocycles. The molecule has 1 aliphatic heterocycles. The second-order valence-electron chi connectivity index (χ2n) is 6.60. The highest BCUT2D eigenvalue weighted by atomic mass is 16.2. The number of guanidine groups is 1. The number of carbonyl (C=O) groups is 1. The molecule has 26 heavy (non-hydrogen) atoms. The molecule has 1 saturated heterocycles. The van der Waals surface area contributed by atoms with Gasteiger partial charge in [0.05, 0.1) is 11.9 Å². The van der Waals surface area contributed by atoms with E-state index in [2.05, 4.69) is 27.4 Å². The van der Waals surface area contributed by atoms with Crippen LogP contribution in [0.25, 0.3) is 0 Å². The van der Waals surface area contributed by atoms with Crippen LogP contribution in [-0.4, -0.2) is 69.6 Å². The molecule has 1 N–H and O–H groups in total. The van der Waals surface area contributed by atoms with Crippen LogP contribution in [-0.2, 0) is 18.4 Å². The SMILES string of the molecule is CN=C(NCC(C)Cn1cccn1)N1CCN(c2cnn(C)c2)C(=O)C1. The zero-order chi connectivity index (χ0) is 18.5. The standard InChI is InChI=1S/C17H26N8O/c1-14(11-24-6-4-5-20-24)9-19-17(18-2)23-7-8-25(16(26)13-23)15-10-21-22(3)12-15/h4-6,10,12,14H,7-9,11,13H2,1-3H3,(H,18,19). The van der Waals surface area contributed by atoms with Gasteiger partial charge in [-0.1, -0.05) is 6.92 Å². The van der Waals surface area contributed by atoms with Crippen molar-refractivity contribution in [1.82, 2.24) is 29.8 Å². The molecule has 1 amide bonds. The molecule has 2 aromatic rings. The fourth-order valence-electron chi connectivity index (χ4n) is 3.06. The minimum absolute atomic E-state index is 0.0526. The molecule has 0 bridgehead atoms. The highest BCUT2D eigenvalue weighted by molar-refractivity contribution is 5.98. The Balaban J connectivity index is 1.52. The molecular formula is C17H26N8O. The molecule has 140 valence electrons. The molecule has 1 unspecified atom stereocenters. The van der Waals surface area contributed by atoms with Crippen molar-refractivity contribution in [2.75, 3.05) is 38.1 Å². The second kappa shape index (κ2) is 8.03. The topological polar surface area (TPSA) is 83.6 Å². The van der Waals surface area contributed by atoms with Crippen molar-refractivity contribution >= 4 is 17.6 Å². The summed E-state index contributed by atoms with van der Waals surface area (Å²) in [5, 5.41) is 11.8. The number of piperazine rings is 1. The van der Waals surface area contributed by atoms with Gasteiger partial charge in [-0.25, -0.2) is 0 Å². The molecule has 0 aromatic carbocycles. The summed E-state index contributed by atoms with van der Waals surface area (Å²) >= 11 is 0. The Morgan fingerprint density at radius 2 is 2.23 bits per heavy atom. The molecule has 1 atom stereocenters. The Morgan fingerprint density at radius 3 is 2.85 bits per heavy atom.